The van der Waals surface area contributed by atoms with E-state index in [4.69, 9.17) is 0 Å². The van der Waals surface area contributed by atoms with Gasteiger partial charge in [0, 0.05) is 24.3 Å². The number of aromatic nitrogens is 3. The molecule has 0 spiro atoms. The number of nitrogens with one attached hydrogen (secondary N) is 2. The lowest BCUT2D eigenvalue weighted by Crippen LogP contribution is -2.51. The van der Waals surface area contributed by atoms with Crippen molar-refractivity contribution < 1.29 is 19.5 Å². The van der Waals surface area contributed by atoms with E-state index in [9.17, 15) is 19.5 Å². The Hall–Kier alpha value is -4.99. The summed E-state index contributed by atoms with van der Waals surface area (Å²) in [7, 11) is 0. The molecule has 0 saturated carbocycles. The number of rotatable bonds is 8. The number of hydrogen-bond acceptors (Lipinski definition) is 7. The molecule has 1 fully saturated rings. The molecule has 3 aromatic carbocycles. The summed E-state index contributed by atoms with van der Waals surface area (Å²) in [6.45, 7) is 14.2. The van der Waals surface area contributed by atoms with Crippen LogP contribution in [-0.2, 0) is 21.5 Å². The van der Waals surface area contributed by atoms with Crippen molar-refractivity contribution in [1.29, 1.82) is 0 Å². The topological polar surface area (TPSA) is 129 Å². The molecule has 0 atom stereocenters. The molecule has 44 heavy (non-hydrogen) atoms. The van der Waals surface area contributed by atoms with E-state index in [0.717, 1.165) is 34.3 Å². The Bertz CT molecular complexity index is 1720. The molecule has 1 saturated heterocycles. The zero-order valence-electron chi connectivity index (χ0n) is 25.9. The number of anilines is 1. The van der Waals surface area contributed by atoms with Crippen molar-refractivity contribution in [1.82, 2.24) is 25.6 Å². The van der Waals surface area contributed by atoms with Gasteiger partial charge >= 0.3 is 6.03 Å². The first-order valence-electron chi connectivity index (χ1n) is 14.7. The van der Waals surface area contributed by atoms with E-state index < -0.39 is 17.8 Å². The smallest absolute Gasteiger partial charge is 0.328 e. The van der Waals surface area contributed by atoms with Crippen LogP contribution in [0.15, 0.2) is 66.2 Å². The summed E-state index contributed by atoms with van der Waals surface area (Å²) in [4.78, 5) is 39.3. The van der Waals surface area contributed by atoms with Crippen molar-refractivity contribution in [2.45, 2.75) is 59.9 Å². The van der Waals surface area contributed by atoms with Gasteiger partial charge in [-0.1, -0.05) is 58.9 Å². The number of fused-ring (bicyclic) bond motifs is 1. The maximum absolute atomic E-state index is 12.1. The molecule has 2 heterocycles. The number of nitrogens with zero attached hydrogens (tertiary/aromatic N) is 4. The number of carbonyl (C=O) groups excluding carboxylic acids is 3. The highest BCUT2D eigenvalue weighted by Crippen LogP contribution is 2.40. The summed E-state index contributed by atoms with van der Waals surface area (Å²) in [5, 5.41) is 25.1. The van der Waals surface area contributed by atoms with Crippen molar-refractivity contribution >= 4 is 40.6 Å². The van der Waals surface area contributed by atoms with Crippen LogP contribution in [0.2, 0.25) is 0 Å². The van der Waals surface area contributed by atoms with Gasteiger partial charge in [0.15, 0.2) is 0 Å². The van der Waals surface area contributed by atoms with Crippen LogP contribution in [0.25, 0.3) is 22.8 Å². The fourth-order valence-electron chi connectivity index (χ4n) is 5.88. The van der Waals surface area contributed by atoms with Gasteiger partial charge in [0.25, 0.3) is 11.8 Å². The van der Waals surface area contributed by atoms with Crippen LogP contribution < -0.4 is 15.5 Å². The first-order chi connectivity index (χ1) is 20.7. The molecule has 0 bridgehead atoms. The third-order valence-electron chi connectivity index (χ3n) is 7.68. The molecule has 1 aliphatic heterocycles. The van der Waals surface area contributed by atoms with Crippen LogP contribution >= 0.6 is 0 Å². The molecule has 10 nitrogen and oxygen atoms in total. The normalized spacial score (nSPS) is 14.0. The second kappa shape index (κ2) is 11.6. The summed E-state index contributed by atoms with van der Waals surface area (Å²) in [5.74, 6) is -1.36. The molecule has 5 rings (SSSR count). The molecule has 1 aliphatic rings. The van der Waals surface area contributed by atoms with E-state index in [1.165, 1.54) is 10.9 Å². The molecule has 0 aliphatic carbocycles. The van der Waals surface area contributed by atoms with Gasteiger partial charge in [-0.25, -0.2) is 4.79 Å². The van der Waals surface area contributed by atoms with Gasteiger partial charge in [-0.2, -0.15) is 0 Å². The number of hydrogen-bond donors (Lipinski definition) is 3. The third kappa shape index (κ3) is 6.49. The molecule has 3 N–H and O–H groups in total. The van der Waals surface area contributed by atoms with E-state index in [1.54, 1.807) is 12.1 Å². The monoisotopic (exact) mass is 594 g/mol. The third-order valence-corrected chi connectivity index (χ3v) is 7.68. The maximum Gasteiger partial charge on any atom is 0.328 e. The summed E-state index contributed by atoms with van der Waals surface area (Å²) in [5.41, 5.74) is 5.11. The first-order valence-corrected chi connectivity index (χ1v) is 14.7. The van der Waals surface area contributed by atoms with E-state index >= 15 is 0 Å². The minimum Gasteiger partial charge on any atom is -0.505 e. The summed E-state index contributed by atoms with van der Waals surface area (Å²) in [6.07, 6.45) is 2.37. The van der Waals surface area contributed by atoms with Crippen molar-refractivity contribution in [3.63, 3.8) is 0 Å². The number of carbonyl (C=O) groups is 3. The molecule has 0 unspecified atom stereocenters. The minimum atomic E-state index is -0.833. The van der Waals surface area contributed by atoms with E-state index in [2.05, 4.69) is 66.4 Å². The van der Waals surface area contributed by atoms with Gasteiger partial charge in [0.05, 0.1) is 0 Å². The largest absolute Gasteiger partial charge is 0.505 e. The summed E-state index contributed by atoms with van der Waals surface area (Å²) < 4.78 is 0. The molecule has 1 aromatic heterocycles. The summed E-state index contributed by atoms with van der Waals surface area (Å²) >= 11 is 0. The highest BCUT2D eigenvalue weighted by Gasteiger charge is 2.30. The second-order valence-corrected chi connectivity index (χ2v) is 13.0. The van der Waals surface area contributed by atoms with Gasteiger partial charge in [-0.05, 0) is 77.8 Å². The number of imide groups is 2. The van der Waals surface area contributed by atoms with Gasteiger partial charge < -0.3 is 10.0 Å². The highest BCUT2D eigenvalue weighted by molar-refractivity contribution is 6.31. The van der Waals surface area contributed by atoms with Crippen molar-refractivity contribution in [3.8, 4) is 11.4 Å². The van der Waals surface area contributed by atoms with E-state index in [-0.39, 0.29) is 22.2 Å². The Morgan fingerprint density at radius 2 is 1.48 bits per heavy atom. The SMILES string of the molecule is CCN(Cc1cc(C(C)(C)CC(C)(C)C)cc(-n2nc3ccccc3n2)c1O)c1ccc(C=C2C(=O)NC(=O)NC2=O)cc1. The summed E-state index contributed by atoms with van der Waals surface area (Å²) in [6, 6.07) is 18.3. The maximum atomic E-state index is 12.1. The molecule has 4 amide bonds. The average Bonchev–Trinajstić information content (AvgIpc) is 3.37. The number of aromatic hydroxyl groups is 1. The Morgan fingerprint density at radius 3 is 2.02 bits per heavy atom. The van der Waals surface area contributed by atoms with Crippen LogP contribution in [0.1, 0.15) is 64.7 Å². The van der Waals surface area contributed by atoms with Crippen molar-refractivity contribution in [3.05, 3.63) is 82.9 Å². The van der Waals surface area contributed by atoms with Crippen molar-refractivity contribution in [2.24, 2.45) is 5.41 Å². The van der Waals surface area contributed by atoms with Crippen LogP contribution in [0.3, 0.4) is 0 Å². The number of phenolic OH excluding ortho intramolecular Hbond substituents is 1. The van der Waals surface area contributed by atoms with Gasteiger partial charge in [0.1, 0.15) is 28.0 Å². The predicted molar refractivity (Wildman–Crippen MR) is 170 cm³/mol. The number of phenols is 1. The number of barbiturate groups is 1. The Kier molecular flexibility index (Phi) is 8.03. The first kappa shape index (κ1) is 30.5. The standard InChI is InChI=1S/C34H38N6O4/c1-7-39(24-14-12-21(13-15-24)16-25-30(42)35-32(44)36-31(25)43)19-22-17-23(34(5,6)20-33(2,3)4)18-28(29(22)41)40-37-26-10-8-9-11-27(26)38-40/h8-18,41H,7,19-20H2,1-6H3,(H2,35,36,42,43,44). The van der Waals surface area contributed by atoms with Crippen LogP contribution in [0, 0.1) is 5.41 Å². The van der Waals surface area contributed by atoms with Crippen molar-refractivity contribution in [2.75, 3.05) is 11.4 Å². The van der Waals surface area contributed by atoms with Gasteiger partial charge in [0.2, 0.25) is 0 Å². The quantitative estimate of drug-likeness (QED) is 0.178. The lowest BCUT2D eigenvalue weighted by atomic mass is 9.72. The number of amides is 4. The Balaban J connectivity index is 1.51. The fourth-order valence-corrected chi connectivity index (χ4v) is 5.88. The van der Waals surface area contributed by atoms with Crippen LogP contribution in [0.5, 0.6) is 5.75 Å². The molecule has 10 heteroatoms. The van der Waals surface area contributed by atoms with Gasteiger partial charge in [-0.15, -0.1) is 15.0 Å². The molecular formula is C34H38N6O4. The predicted octanol–water partition coefficient (Wildman–Crippen LogP) is 5.62. The number of urea groups is 1. The fraction of sp³-hybridized carbons (Fsp3) is 0.324. The second-order valence-electron chi connectivity index (χ2n) is 13.0. The Labute approximate surface area is 256 Å². The van der Waals surface area contributed by atoms with E-state index in [1.807, 2.05) is 49.4 Å². The number of benzene rings is 3. The zero-order valence-corrected chi connectivity index (χ0v) is 25.9. The van der Waals surface area contributed by atoms with Crippen LogP contribution in [0.4, 0.5) is 10.5 Å². The highest BCUT2D eigenvalue weighted by atomic mass is 16.3. The molecular weight excluding hydrogens is 556 g/mol. The van der Waals surface area contributed by atoms with Gasteiger partial charge in [-0.3, -0.25) is 20.2 Å². The lowest BCUT2D eigenvalue weighted by molar-refractivity contribution is -0.123. The minimum absolute atomic E-state index is 0.0847. The molecule has 4 aromatic rings. The Morgan fingerprint density at radius 1 is 0.886 bits per heavy atom. The molecule has 0 radical (unpaired) electrons. The van der Waals surface area contributed by atoms with Crippen LogP contribution in [-0.4, -0.2) is 44.5 Å². The lowest BCUT2D eigenvalue weighted by Gasteiger charge is -2.34. The zero-order chi connectivity index (χ0) is 31.8. The molecule has 228 valence electrons. The average molecular weight is 595 g/mol. The van der Waals surface area contributed by atoms with E-state index in [0.29, 0.717) is 24.3 Å².